The summed E-state index contributed by atoms with van der Waals surface area (Å²) in [6.07, 6.45) is 10.7. The molecule has 0 nitrogen and oxygen atoms in total. The van der Waals surface area contributed by atoms with Crippen molar-refractivity contribution >= 4 is 0 Å². The van der Waals surface area contributed by atoms with Gasteiger partial charge >= 0.3 is 0 Å². The molecular formula is C15H23U-. The van der Waals surface area contributed by atoms with Gasteiger partial charge in [0.1, 0.15) is 0 Å². The van der Waals surface area contributed by atoms with E-state index >= 15 is 0 Å². The minimum absolute atomic E-state index is 0. The standard InChI is InChI=1S/C15H23.U/c1-6-14(4)10-8-12-15(5)11-7-9-13(2)3;/h2,6,9,12H,1,7-8,10-11H2,3-5H3;/q-1;/b13-9-,14-6+,15-12+;. The number of allylic oxidation sites excluding steroid dienone is 6. The van der Waals surface area contributed by atoms with E-state index in [1.807, 2.05) is 13.0 Å². The van der Waals surface area contributed by atoms with Gasteiger partial charge in [-0.2, -0.15) is 0 Å². The van der Waals surface area contributed by atoms with E-state index in [0.717, 1.165) is 31.3 Å². The first kappa shape index (κ1) is 18.5. The van der Waals surface area contributed by atoms with Crippen LogP contribution in [0.5, 0.6) is 0 Å². The van der Waals surface area contributed by atoms with E-state index in [4.69, 9.17) is 6.92 Å². The predicted molar refractivity (Wildman–Crippen MR) is 69.4 cm³/mol. The second-order valence-corrected chi connectivity index (χ2v) is 4.13. The van der Waals surface area contributed by atoms with E-state index in [-0.39, 0.29) is 31.1 Å². The number of hydrogen-bond acceptors (Lipinski definition) is 0. The van der Waals surface area contributed by atoms with Crippen LogP contribution in [0.3, 0.4) is 0 Å². The Morgan fingerprint density at radius 2 is 1.50 bits per heavy atom. The van der Waals surface area contributed by atoms with Crippen LogP contribution in [0, 0.1) is 45.0 Å². The van der Waals surface area contributed by atoms with Crippen LogP contribution in [0.25, 0.3) is 0 Å². The first-order valence-electron chi connectivity index (χ1n) is 5.59. The molecule has 0 aromatic rings. The van der Waals surface area contributed by atoms with E-state index in [0.29, 0.717) is 0 Å². The zero-order chi connectivity index (χ0) is 11.7. The molecule has 0 heterocycles. The van der Waals surface area contributed by atoms with Crippen molar-refractivity contribution in [3.63, 3.8) is 0 Å². The summed E-state index contributed by atoms with van der Waals surface area (Å²) in [5, 5.41) is 0. The number of rotatable bonds is 6. The van der Waals surface area contributed by atoms with Crippen LogP contribution in [0.4, 0.5) is 0 Å². The number of hydrogen-bond donors (Lipinski definition) is 0. The summed E-state index contributed by atoms with van der Waals surface area (Å²) in [6, 6.07) is 0. The van der Waals surface area contributed by atoms with Crippen molar-refractivity contribution in [3.8, 4) is 0 Å². The van der Waals surface area contributed by atoms with Crippen LogP contribution < -0.4 is 0 Å². The molecule has 16 heavy (non-hydrogen) atoms. The van der Waals surface area contributed by atoms with Crippen LogP contribution in [0.1, 0.15) is 46.5 Å². The average Bonchev–Trinajstić information content (AvgIpc) is 2.17. The Morgan fingerprint density at radius 3 is 2.00 bits per heavy atom. The topological polar surface area (TPSA) is 0 Å². The molecule has 0 bridgehead atoms. The van der Waals surface area contributed by atoms with Crippen molar-refractivity contribution in [2.24, 2.45) is 0 Å². The Labute approximate surface area is 126 Å². The van der Waals surface area contributed by atoms with E-state index in [1.165, 1.54) is 11.1 Å². The molecule has 0 unspecified atom stereocenters. The summed E-state index contributed by atoms with van der Waals surface area (Å²) in [5.74, 6) is 0. The van der Waals surface area contributed by atoms with Gasteiger partial charge in [0.25, 0.3) is 0 Å². The Hall–Kier alpha value is 0.142. The van der Waals surface area contributed by atoms with Crippen LogP contribution >= 0.6 is 0 Å². The third kappa shape index (κ3) is 12.2. The average molecular weight is 441 g/mol. The maximum absolute atomic E-state index is 5.56. The van der Waals surface area contributed by atoms with Crippen LogP contribution in [0.15, 0.2) is 34.9 Å². The summed E-state index contributed by atoms with van der Waals surface area (Å²) < 4.78 is 0. The molecule has 2 radical (unpaired) electrons. The van der Waals surface area contributed by atoms with Gasteiger partial charge in [-0.1, -0.05) is 29.7 Å². The summed E-state index contributed by atoms with van der Waals surface area (Å²) in [6.45, 7) is 15.5. The zero-order valence-electron chi connectivity index (χ0n) is 10.8. The zero-order valence-corrected chi connectivity index (χ0v) is 15.0. The Morgan fingerprint density at radius 1 is 1.00 bits per heavy atom. The maximum atomic E-state index is 5.56. The van der Waals surface area contributed by atoms with E-state index in [9.17, 15) is 0 Å². The fraction of sp³-hybridized carbons (Fsp3) is 0.467. The minimum atomic E-state index is 0. The maximum Gasteiger partial charge on any atom is 0 e. The smallest absolute Gasteiger partial charge is 0 e. The Kier molecular flexibility index (Phi) is 13.4. The Balaban J connectivity index is 0. The largest absolute Gasteiger partial charge is 0.245 e. The third-order valence-corrected chi connectivity index (χ3v) is 2.38. The van der Waals surface area contributed by atoms with Gasteiger partial charge in [0.15, 0.2) is 0 Å². The van der Waals surface area contributed by atoms with Crippen molar-refractivity contribution < 1.29 is 31.1 Å². The van der Waals surface area contributed by atoms with Crippen molar-refractivity contribution in [2.75, 3.05) is 0 Å². The van der Waals surface area contributed by atoms with Gasteiger partial charge in [0.2, 0.25) is 0 Å². The molecule has 0 saturated heterocycles. The van der Waals surface area contributed by atoms with Gasteiger partial charge in [0, 0.05) is 31.1 Å². The SMILES string of the molecule is [CH]/C(C)=C/CC/C(C)=C/CC/C(C)=C/[CH2-].[U]. The van der Waals surface area contributed by atoms with Crippen molar-refractivity contribution in [1.29, 1.82) is 0 Å². The molecule has 0 aromatic carbocycles. The van der Waals surface area contributed by atoms with Crippen molar-refractivity contribution in [3.05, 3.63) is 48.8 Å². The first-order chi connectivity index (χ1) is 7.06. The summed E-state index contributed by atoms with van der Waals surface area (Å²) in [7, 11) is 0. The molecule has 0 aliphatic heterocycles. The monoisotopic (exact) mass is 441 g/mol. The Bertz CT molecular complexity index is 253. The fourth-order valence-electron chi connectivity index (χ4n) is 1.28. The van der Waals surface area contributed by atoms with Gasteiger partial charge in [-0.05, 0) is 40.0 Å². The van der Waals surface area contributed by atoms with Gasteiger partial charge in [-0.3, -0.25) is 0 Å². The molecule has 0 N–H and O–H groups in total. The van der Waals surface area contributed by atoms with Gasteiger partial charge in [0.05, 0.1) is 0 Å². The minimum Gasteiger partial charge on any atom is -0.245 e. The molecule has 0 amide bonds. The molecule has 0 atom stereocenters. The predicted octanol–water partition coefficient (Wildman–Crippen LogP) is 4.93. The normalized spacial score (nSPS) is 13.6. The quantitative estimate of drug-likeness (QED) is 0.405. The van der Waals surface area contributed by atoms with E-state index in [2.05, 4.69) is 32.9 Å². The summed E-state index contributed by atoms with van der Waals surface area (Å²) in [4.78, 5) is 0. The first-order valence-corrected chi connectivity index (χ1v) is 5.59. The second kappa shape index (κ2) is 11.6. The molecule has 0 saturated carbocycles. The molecule has 1 heteroatoms. The molecule has 0 aromatic heterocycles. The molecule has 0 spiro atoms. The third-order valence-electron chi connectivity index (χ3n) is 2.38. The van der Waals surface area contributed by atoms with Gasteiger partial charge in [-0.25, -0.2) is 18.6 Å². The van der Waals surface area contributed by atoms with Crippen LogP contribution in [-0.4, -0.2) is 0 Å². The summed E-state index contributed by atoms with van der Waals surface area (Å²) >= 11 is 0. The van der Waals surface area contributed by atoms with Crippen LogP contribution in [-0.2, 0) is 0 Å². The van der Waals surface area contributed by atoms with Crippen molar-refractivity contribution in [1.82, 2.24) is 0 Å². The molecule has 0 fully saturated rings. The molecule has 88 valence electrons. The van der Waals surface area contributed by atoms with E-state index < -0.39 is 0 Å². The molecular weight excluding hydrogens is 418 g/mol. The second-order valence-electron chi connectivity index (χ2n) is 4.13. The molecule has 0 aliphatic rings. The van der Waals surface area contributed by atoms with Gasteiger partial charge in [-0.15, -0.1) is 6.92 Å². The summed E-state index contributed by atoms with van der Waals surface area (Å²) in [5.41, 5.74) is 3.72. The van der Waals surface area contributed by atoms with E-state index in [1.54, 1.807) is 0 Å². The molecule has 0 rings (SSSR count). The van der Waals surface area contributed by atoms with Crippen LogP contribution in [0.2, 0.25) is 0 Å². The fourth-order valence-corrected chi connectivity index (χ4v) is 1.28. The van der Waals surface area contributed by atoms with Gasteiger partial charge < -0.3 is 0 Å². The molecule has 0 aliphatic carbocycles. The van der Waals surface area contributed by atoms with Crippen molar-refractivity contribution in [2.45, 2.75) is 46.5 Å².